The highest BCUT2D eigenvalue weighted by Crippen LogP contribution is 2.36. The van der Waals surface area contributed by atoms with Crippen molar-refractivity contribution in [1.29, 1.82) is 0 Å². The second-order valence-electron chi connectivity index (χ2n) is 4.49. The van der Waals surface area contributed by atoms with Crippen LogP contribution in [0.2, 0.25) is 0 Å². The van der Waals surface area contributed by atoms with Gasteiger partial charge in [-0.2, -0.15) is 0 Å². The van der Waals surface area contributed by atoms with Crippen molar-refractivity contribution in [2.24, 2.45) is 0 Å². The highest BCUT2D eigenvalue weighted by Gasteiger charge is 2.51. The Kier molecular flexibility index (Phi) is 3.31. The summed E-state index contributed by atoms with van der Waals surface area (Å²) in [4.78, 5) is 33.1. The van der Waals surface area contributed by atoms with E-state index in [0.29, 0.717) is 12.8 Å². The molecule has 0 atom stereocenters. The van der Waals surface area contributed by atoms with Crippen LogP contribution in [0.4, 0.5) is 5.69 Å². The van der Waals surface area contributed by atoms with E-state index in [9.17, 15) is 19.7 Å². The van der Waals surface area contributed by atoms with Gasteiger partial charge in [-0.25, -0.2) is 4.79 Å². The zero-order chi connectivity index (χ0) is 14.9. The average Bonchev–Trinajstić information content (AvgIpc) is 3.18. The second-order valence-corrected chi connectivity index (χ2v) is 4.49. The van der Waals surface area contributed by atoms with Crippen molar-refractivity contribution in [2.75, 3.05) is 7.11 Å². The summed E-state index contributed by atoms with van der Waals surface area (Å²) in [5, 5.41) is 22.2. The van der Waals surface area contributed by atoms with E-state index in [1.165, 1.54) is 19.2 Å². The number of nitro benzene ring substituents is 1. The van der Waals surface area contributed by atoms with E-state index in [-0.39, 0.29) is 17.0 Å². The Morgan fingerprint density at radius 1 is 1.45 bits per heavy atom. The number of benzene rings is 1. The molecule has 2 N–H and O–H groups in total. The third-order valence-corrected chi connectivity index (χ3v) is 3.15. The second kappa shape index (κ2) is 4.80. The molecule has 8 heteroatoms. The lowest BCUT2D eigenvalue weighted by atomic mass is 10.1. The van der Waals surface area contributed by atoms with Gasteiger partial charge in [-0.05, 0) is 25.0 Å². The predicted molar refractivity (Wildman–Crippen MR) is 66.7 cm³/mol. The van der Waals surface area contributed by atoms with Gasteiger partial charge in [-0.15, -0.1) is 0 Å². The van der Waals surface area contributed by atoms with Crippen LogP contribution in [0, 0.1) is 10.1 Å². The molecule has 1 aromatic rings. The monoisotopic (exact) mass is 280 g/mol. The van der Waals surface area contributed by atoms with Crippen molar-refractivity contribution in [3.63, 3.8) is 0 Å². The quantitative estimate of drug-likeness (QED) is 0.612. The predicted octanol–water partition coefficient (Wildman–Crippen LogP) is 0.950. The molecule has 20 heavy (non-hydrogen) atoms. The molecule has 0 radical (unpaired) electrons. The van der Waals surface area contributed by atoms with Crippen molar-refractivity contribution in [3.05, 3.63) is 33.9 Å². The van der Waals surface area contributed by atoms with Crippen LogP contribution in [0.1, 0.15) is 23.2 Å². The lowest BCUT2D eigenvalue weighted by Crippen LogP contribution is -2.43. The first-order valence-electron chi connectivity index (χ1n) is 5.78. The summed E-state index contributed by atoms with van der Waals surface area (Å²) in [7, 11) is 1.28. The van der Waals surface area contributed by atoms with E-state index in [2.05, 4.69) is 5.32 Å². The Morgan fingerprint density at radius 3 is 2.55 bits per heavy atom. The molecule has 2 rings (SSSR count). The number of methoxy groups -OCH3 is 1. The van der Waals surface area contributed by atoms with Gasteiger partial charge in [0, 0.05) is 11.6 Å². The molecule has 0 aliphatic heterocycles. The molecule has 106 valence electrons. The van der Waals surface area contributed by atoms with Gasteiger partial charge in [0.2, 0.25) is 0 Å². The van der Waals surface area contributed by atoms with E-state index in [1.54, 1.807) is 0 Å². The maximum atomic E-state index is 11.9. The molecule has 0 bridgehead atoms. The summed E-state index contributed by atoms with van der Waals surface area (Å²) in [6, 6.07) is 3.71. The number of ether oxygens (including phenoxy) is 1. The molecular weight excluding hydrogens is 268 g/mol. The summed E-state index contributed by atoms with van der Waals surface area (Å²) in [5.74, 6) is -1.73. The van der Waals surface area contributed by atoms with Crippen molar-refractivity contribution in [3.8, 4) is 5.75 Å². The summed E-state index contributed by atoms with van der Waals surface area (Å²) >= 11 is 0. The minimum Gasteiger partial charge on any atom is -0.490 e. The Morgan fingerprint density at radius 2 is 2.10 bits per heavy atom. The van der Waals surface area contributed by atoms with Gasteiger partial charge in [-0.3, -0.25) is 14.9 Å². The zero-order valence-electron chi connectivity index (χ0n) is 10.6. The average molecular weight is 280 g/mol. The molecule has 8 nitrogen and oxygen atoms in total. The van der Waals surface area contributed by atoms with Crippen LogP contribution in [-0.2, 0) is 4.79 Å². The van der Waals surface area contributed by atoms with Gasteiger partial charge in [0.1, 0.15) is 5.54 Å². The molecule has 0 saturated heterocycles. The maximum absolute atomic E-state index is 11.9. The van der Waals surface area contributed by atoms with E-state index in [1.807, 2.05) is 0 Å². The number of nitrogens with one attached hydrogen (secondary N) is 1. The number of nitro groups is 1. The minimum atomic E-state index is -1.23. The lowest BCUT2D eigenvalue weighted by molar-refractivity contribution is -0.385. The first-order valence-corrected chi connectivity index (χ1v) is 5.78. The standard InChI is InChI=1S/C12H12N2O6/c1-20-9-3-2-7(6-8(9)14(18)19)10(15)13-12(4-5-12)11(16)17/h2-3,6H,4-5H2,1H3,(H,13,15)(H,16,17). The molecule has 0 spiro atoms. The number of carboxylic acids is 1. The van der Waals surface area contributed by atoms with E-state index in [4.69, 9.17) is 9.84 Å². The fourth-order valence-corrected chi connectivity index (χ4v) is 1.78. The fourth-order valence-electron chi connectivity index (χ4n) is 1.78. The van der Waals surface area contributed by atoms with Gasteiger partial charge < -0.3 is 15.2 Å². The SMILES string of the molecule is COc1ccc(C(=O)NC2(C(=O)O)CC2)cc1[N+](=O)[O-]. The summed E-state index contributed by atoms with van der Waals surface area (Å²) in [6.45, 7) is 0. The van der Waals surface area contributed by atoms with Crippen LogP contribution in [0.5, 0.6) is 5.75 Å². The van der Waals surface area contributed by atoms with Crippen LogP contribution < -0.4 is 10.1 Å². The van der Waals surface area contributed by atoms with E-state index in [0.717, 1.165) is 6.07 Å². The first kappa shape index (κ1) is 13.8. The Bertz CT molecular complexity index is 594. The third kappa shape index (κ3) is 2.40. The number of carboxylic acid groups (broad SMARTS) is 1. The van der Waals surface area contributed by atoms with Crippen LogP contribution in [0.25, 0.3) is 0 Å². The molecule has 1 aliphatic carbocycles. The number of carbonyl (C=O) groups excluding carboxylic acids is 1. The molecule has 0 unspecified atom stereocenters. The fraction of sp³-hybridized carbons (Fsp3) is 0.333. The van der Waals surface area contributed by atoms with Crippen molar-refractivity contribution < 1.29 is 24.4 Å². The van der Waals surface area contributed by atoms with Gasteiger partial charge in [0.15, 0.2) is 5.75 Å². The molecule has 1 aliphatic rings. The van der Waals surface area contributed by atoms with Crippen molar-refractivity contribution in [2.45, 2.75) is 18.4 Å². The number of aliphatic carboxylic acids is 1. The van der Waals surface area contributed by atoms with Gasteiger partial charge >= 0.3 is 11.7 Å². The van der Waals surface area contributed by atoms with E-state index >= 15 is 0 Å². The van der Waals surface area contributed by atoms with Crippen molar-refractivity contribution >= 4 is 17.6 Å². The molecular formula is C12H12N2O6. The van der Waals surface area contributed by atoms with Gasteiger partial charge in [-0.1, -0.05) is 0 Å². The summed E-state index contributed by atoms with van der Waals surface area (Å²) < 4.78 is 4.83. The summed E-state index contributed by atoms with van der Waals surface area (Å²) in [5.41, 5.74) is -1.56. The molecule has 1 fully saturated rings. The number of hydrogen-bond acceptors (Lipinski definition) is 5. The number of carbonyl (C=O) groups is 2. The Labute approximate surface area is 113 Å². The number of nitrogens with zero attached hydrogens (tertiary/aromatic N) is 1. The van der Waals surface area contributed by atoms with Crippen LogP contribution in [-0.4, -0.2) is 34.6 Å². The highest BCUT2D eigenvalue weighted by molar-refractivity contribution is 5.99. The molecule has 1 aromatic carbocycles. The summed E-state index contributed by atoms with van der Waals surface area (Å²) in [6.07, 6.45) is 0.707. The Hall–Kier alpha value is -2.64. The lowest BCUT2D eigenvalue weighted by Gasteiger charge is -2.12. The van der Waals surface area contributed by atoms with Crippen LogP contribution >= 0.6 is 0 Å². The Balaban J connectivity index is 2.25. The number of rotatable bonds is 5. The highest BCUT2D eigenvalue weighted by atomic mass is 16.6. The topological polar surface area (TPSA) is 119 Å². The molecule has 1 saturated carbocycles. The molecule has 0 heterocycles. The first-order chi connectivity index (χ1) is 9.39. The van der Waals surface area contributed by atoms with Crippen molar-refractivity contribution in [1.82, 2.24) is 5.32 Å². The number of hydrogen-bond donors (Lipinski definition) is 2. The minimum absolute atomic E-state index is 0.0185. The maximum Gasteiger partial charge on any atom is 0.329 e. The van der Waals surface area contributed by atoms with Crippen LogP contribution in [0.3, 0.4) is 0 Å². The molecule has 0 aromatic heterocycles. The third-order valence-electron chi connectivity index (χ3n) is 3.15. The zero-order valence-corrected chi connectivity index (χ0v) is 10.6. The van der Waals surface area contributed by atoms with Gasteiger partial charge in [0.05, 0.1) is 12.0 Å². The number of amides is 1. The smallest absolute Gasteiger partial charge is 0.329 e. The molecule has 1 amide bonds. The largest absolute Gasteiger partial charge is 0.490 e. The van der Waals surface area contributed by atoms with Crippen LogP contribution in [0.15, 0.2) is 18.2 Å². The van der Waals surface area contributed by atoms with E-state index < -0.39 is 22.3 Å². The van der Waals surface area contributed by atoms with Gasteiger partial charge in [0.25, 0.3) is 5.91 Å². The normalized spacial score (nSPS) is 15.2.